The monoisotopic (exact) mass is 666 g/mol. The van der Waals surface area contributed by atoms with E-state index >= 15 is 0 Å². The lowest BCUT2D eigenvalue weighted by molar-refractivity contribution is 1.17. The van der Waals surface area contributed by atoms with E-state index in [0.717, 1.165) is 22.7 Å². The van der Waals surface area contributed by atoms with Crippen molar-refractivity contribution < 1.29 is 0 Å². The molecular formula is C48H30N2S. The lowest BCUT2D eigenvalue weighted by atomic mass is 9.94. The maximum atomic E-state index is 2.54. The fourth-order valence-corrected chi connectivity index (χ4v) is 9.41. The Kier molecular flexibility index (Phi) is 6.16. The highest BCUT2D eigenvalue weighted by atomic mass is 32.1. The minimum absolute atomic E-state index is 1.13. The number of thiophene rings is 1. The molecule has 0 aliphatic rings. The van der Waals surface area contributed by atoms with Gasteiger partial charge in [0.05, 0.1) is 22.4 Å². The maximum absolute atomic E-state index is 2.54. The van der Waals surface area contributed by atoms with Crippen molar-refractivity contribution in [1.29, 1.82) is 0 Å². The minimum Gasteiger partial charge on any atom is -0.308 e. The van der Waals surface area contributed by atoms with E-state index in [1.54, 1.807) is 0 Å². The smallest absolute Gasteiger partial charge is 0.0782 e. The number of benzene rings is 9. The topological polar surface area (TPSA) is 8.17 Å². The van der Waals surface area contributed by atoms with Gasteiger partial charge in [-0.25, -0.2) is 0 Å². The summed E-state index contributed by atoms with van der Waals surface area (Å²) < 4.78 is 5.06. The number of hydrogen-bond donors (Lipinski definition) is 0. The number of aromatic nitrogens is 1. The highest BCUT2D eigenvalue weighted by molar-refractivity contribution is 7.25. The molecule has 0 saturated heterocycles. The number of rotatable bonds is 4. The maximum Gasteiger partial charge on any atom is 0.0782 e. The summed E-state index contributed by atoms with van der Waals surface area (Å²) >= 11 is 1.86. The molecule has 2 heterocycles. The van der Waals surface area contributed by atoms with Crippen LogP contribution in [0.15, 0.2) is 182 Å². The van der Waals surface area contributed by atoms with Gasteiger partial charge in [0.1, 0.15) is 0 Å². The molecule has 0 amide bonds. The highest BCUT2D eigenvalue weighted by Crippen LogP contribution is 2.49. The predicted molar refractivity (Wildman–Crippen MR) is 221 cm³/mol. The number of para-hydroxylation sites is 3. The number of nitrogens with zero attached hydrogens (tertiary/aromatic N) is 2. The third-order valence-corrected chi connectivity index (χ3v) is 11.7. The molecule has 2 aromatic heterocycles. The molecule has 0 atom stereocenters. The van der Waals surface area contributed by atoms with Gasteiger partial charge < -0.3 is 9.47 Å². The minimum atomic E-state index is 1.13. The van der Waals surface area contributed by atoms with Gasteiger partial charge in [-0.05, 0) is 81.5 Å². The first-order valence-corrected chi connectivity index (χ1v) is 18.3. The Labute approximate surface area is 298 Å². The van der Waals surface area contributed by atoms with Gasteiger partial charge in [-0.1, -0.05) is 127 Å². The van der Waals surface area contributed by atoms with Crippen LogP contribution in [0.4, 0.5) is 17.1 Å². The molecule has 0 radical (unpaired) electrons. The average Bonchev–Trinajstić information content (AvgIpc) is 3.74. The van der Waals surface area contributed by atoms with Gasteiger partial charge in [-0.15, -0.1) is 11.3 Å². The fourth-order valence-electron chi connectivity index (χ4n) is 8.32. The molecular weight excluding hydrogens is 637 g/mol. The van der Waals surface area contributed by atoms with E-state index in [1.165, 1.54) is 74.3 Å². The van der Waals surface area contributed by atoms with Crippen LogP contribution in [0.1, 0.15) is 0 Å². The first-order valence-electron chi connectivity index (χ1n) is 17.4. The van der Waals surface area contributed by atoms with Crippen molar-refractivity contribution in [3.8, 4) is 5.69 Å². The van der Waals surface area contributed by atoms with Gasteiger partial charge in [-0.3, -0.25) is 0 Å². The lowest BCUT2D eigenvalue weighted by Crippen LogP contribution is -2.12. The fraction of sp³-hybridized carbons (Fsp3) is 0. The van der Waals surface area contributed by atoms with Crippen LogP contribution < -0.4 is 4.90 Å². The van der Waals surface area contributed by atoms with Crippen molar-refractivity contribution in [3.63, 3.8) is 0 Å². The molecule has 51 heavy (non-hydrogen) atoms. The molecule has 0 N–H and O–H groups in total. The lowest BCUT2D eigenvalue weighted by Gasteiger charge is -2.29. The molecule has 3 heteroatoms. The molecule has 0 fully saturated rings. The Morgan fingerprint density at radius 2 is 1.08 bits per heavy atom. The Hall–Kier alpha value is -6.42. The Morgan fingerprint density at radius 1 is 0.392 bits per heavy atom. The summed E-state index contributed by atoms with van der Waals surface area (Å²) in [6, 6.07) is 66.9. The van der Waals surface area contributed by atoms with Crippen LogP contribution >= 0.6 is 11.3 Å². The van der Waals surface area contributed by atoms with Crippen LogP contribution in [0.5, 0.6) is 0 Å². The molecule has 9 aromatic carbocycles. The van der Waals surface area contributed by atoms with Crippen LogP contribution in [0.25, 0.3) is 80.0 Å². The second-order valence-corrected chi connectivity index (χ2v) is 14.4. The first kappa shape index (κ1) is 28.4. The normalized spacial score (nSPS) is 11.9. The molecule has 11 aromatic rings. The van der Waals surface area contributed by atoms with E-state index in [-0.39, 0.29) is 0 Å². The predicted octanol–water partition coefficient (Wildman–Crippen LogP) is 14.1. The highest BCUT2D eigenvalue weighted by Gasteiger charge is 2.24. The standard InChI is InChI=1S/C48H30N2S/c1-2-15-33(16-3-1)50-42-22-10-8-19-37(42)40-21-12-23-43(48(40)50)49(34-26-28-46-41(30-34)38-20-9-11-24-45(38)51-46)44-29-32-14-5-6-17-35(32)39-27-25-31-13-4-7-18-36(31)47(39)44/h1-30H. The summed E-state index contributed by atoms with van der Waals surface area (Å²) in [5.74, 6) is 0. The summed E-state index contributed by atoms with van der Waals surface area (Å²) in [6.45, 7) is 0. The van der Waals surface area contributed by atoms with Crippen LogP contribution in [-0.4, -0.2) is 4.57 Å². The van der Waals surface area contributed by atoms with Gasteiger partial charge in [0, 0.05) is 47.7 Å². The van der Waals surface area contributed by atoms with Gasteiger partial charge in [0.2, 0.25) is 0 Å². The van der Waals surface area contributed by atoms with Crippen molar-refractivity contribution in [2.45, 2.75) is 0 Å². The van der Waals surface area contributed by atoms with Crippen molar-refractivity contribution in [1.82, 2.24) is 4.57 Å². The van der Waals surface area contributed by atoms with Crippen LogP contribution in [-0.2, 0) is 0 Å². The zero-order chi connectivity index (χ0) is 33.5. The second kappa shape index (κ2) is 11.0. The number of anilines is 3. The number of hydrogen-bond acceptors (Lipinski definition) is 2. The largest absolute Gasteiger partial charge is 0.308 e. The Bertz CT molecular complexity index is 3150. The van der Waals surface area contributed by atoms with Crippen LogP contribution in [0, 0.1) is 0 Å². The van der Waals surface area contributed by atoms with Gasteiger partial charge in [0.25, 0.3) is 0 Å². The quantitative estimate of drug-likeness (QED) is 0.170. The molecule has 0 aliphatic carbocycles. The Balaban J connectivity index is 1.34. The number of fused-ring (bicyclic) bond motifs is 11. The van der Waals surface area contributed by atoms with Crippen molar-refractivity contribution in [2.75, 3.05) is 4.90 Å². The summed E-state index contributed by atoms with van der Waals surface area (Å²) in [7, 11) is 0. The third-order valence-electron chi connectivity index (χ3n) is 10.5. The van der Waals surface area contributed by atoms with Crippen molar-refractivity contribution >= 4 is 103 Å². The summed E-state index contributed by atoms with van der Waals surface area (Å²) in [5.41, 5.74) is 6.95. The van der Waals surface area contributed by atoms with E-state index in [9.17, 15) is 0 Å². The van der Waals surface area contributed by atoms with E-state index in [1.807, 2.05) is 11.3 Å². The molecule has 0 spiro atoms. The molecule has 11 rings (SSSR count). The van der Waals surface area contributed by atoms with Gasteiger partial charge >= 0.3 is 0 Å². The molecule has 2 nitrogen and oxygen atoms in total. The summed E-state index contributed by atoms with van der Waals surface area (Å²) in [4.78, 5) is 2.54. The van der Waals surface area contributed by atoms with E-state index < -0.39 is 0 Å². The van der Waals surface area contributed by atoms with Crippen molar-refractivity contribution in [2.24, 2.45) is 0 Å². The van der Waals surface area contributed by atoms with E-state index in [2.05, 4.69) is 191 Å². The molecule has 0 saturated carbocycles. The van der Waals surface area contributed by atoms with E-state index in [4.69, 9.17) is 0 Å². The molecule has 0 aliphatic heterocycles. The van der Waals surface area contributed by atoms with Gasteiger partial charge in [0.15, 0.2) is 0 Å². The zero-order valence-corrected chi connectivity index (χ0v) is 28.4. The van der Waals surface area contributed by atoms with Crippen LogP contribution in [0.2, 0.25) is 0 Å². The SMILES string of the molecule is c1ccc(-n2c3ccccc3c3cccc(N(c4ccc5sc6ccccc6c5c4)c4cc5ccccc5c5ccc6ccccc6c45)c32)cc1. The van der Waals surface area contributed by atoms with Gasteiger partial charge in [-0.2, -0.15) is 0 Å². The first-order chi connectivity index (χ1) is 25.3. The zero-order valence-electron chi connectivity index (χ0n) is 27.6. The molecule has 238 valence electrons. The third kappa shape index (κ3) is 4.22. The Morgan fingerprint density at radius 3 is 1.96 bits per heavy atom. The average molecular weight is 667 g/mol. The molecule has 0 unspecified atom stereocenters. The van der Waals surface area contributed by atoms with Crippen LogP contribution in [0.3, 0.4) is 0 Å². The van der Waals surface area contributed by atoms with Crippen molar-refractivity contribution in [3.05, 3.63) is 182 Å². The summed E-state index contributed by atoms with van der Waals surface area (Å²) in [5, 5.41) is 12.5. The summed E-state index contributed by atoms with van der Waals surface area (Å²) in [6.07, 6.45) is 0. The second-order valence-electron chi connectivity index (χ2n) is 13.3. The molecule has 0 bridgehead atoms. The van der Waals surface area contributed by atoms with E-state index in [0.29, 0.717) is 0 Å².